The third-order valence-electron chi connectivity index (χ3n) is 3.21. The highest BCUT2D eigenvalue weighted by Crippen LogP contribution is 2.28. The van der Waals surface area contributed by atoms with Crippen LogP contribution < -0.4 is 11.1 Å². The molecule has 1 aromatic carbocycles. The van der Waals surface area contributed by atoms with Crippen LogP contribution in [0.5, 0.6) is 0 Å². The van der Waals surface area contributed by atoms with Gasteiger partial charge in [-0.2, -0.15) is 0 Å². The summed E-state index contributed by atoms with van der Waals surface area (Å²) in [5.74, 6) is 0.0349. The molecule has 0 aliphatic rings. The predicted octanol–water partition coefficient (Wildman–Crippen LogP) is 4.37. The lowest BCUT2D eigenvalue weighted by atomic mass is 10.1. The summed E-state index contributed by atoms with van der Waals surface area (Å²) in [6.07, 6.45) is 2.34. The van der Waals surface area contributed by atoms with Crippen LogP contribution in [0.4, 0.5) is 5.69 Å². The zero-order chi connectivity index (χ0) is 15.1. The monoisotopic (exact) mass is 330 g/mol. The van der Waals surface area contributed by atoms with Crippen LogP contribution in [0.2, 0.25) is 0 Å². The van der Waals surface area contributed by atoms with Crippen molar-refractivity contribution in [1.29, 1.82) is 0 Å². The maximum absolute atomic E-state index is 11.8. The van der Waals surface area contributed by atoms with E-state index in [9.17, 15) is 4.79 Å². The summed E-state index contributed by atoms with van der Waals surface area (Å²) >= 11 is 1.87. The van der Waals surface area contributed by atoms with Crippen molar-refractivity contribution in [2.24, 2.45) is 5.73 Å². The lowest BCUT2D eigenvalue weighted by Crippen LogP contribution is -2.19. The molecule has 0 spiro atoms. The first kappa shape index (κ1) is 20.3. The summed E-state index contributed by atoms with van der Waals surface area (Å²) in [7, 11) is 0. The third kappa shape index (κ3) is 7.74. The van der Waals surface area contributed by atoms with Gasteiger partial charge in [-0.05, 0) is 50.5 Å². The highest BCUT2D eigenvalue weighted by molar-refractivity contribution is 7.99. The second kappa shape index (κ2) is 10.1. The minimum atomic E-state index is 0. The zero-order valence-electron chi connectivity index (χ0n) is 13.3. The number of amides is 1. The van der Waals surface area contributed by atoms with Gasteiger partial charge in [-0.25, -0.2) is 0 Å². The van der Waals surface area contributed by atoms with Crippen LogP contribution in [0, 0.1) is 6.92 Å². The number of hydrogen-bond acceptors (Lipinski definition) is 3. The van der Waals surface area contributed by atoms with Crippen LogP contribution in [-0.2, 0) is 4.79 Å². The van der Waals surface area contributed by atoms with Gasteiger partial charge in [0.2, 0.25) is 5.91 Å². The Morgan fingerprint density at radius 2 is 2.05 bits per heavy atom. The van der Waals surface area contributed by atoms with Crippen molar-refractivity contribution in [1.82, 2.24) is 0 Å². The van der Waals surface area contributed by atoms with E-state index in [1.807, 2.05) is 31.7 Å². The van der Waals surface area contributed by atoms with Crippen LogP contribution >= 0.6 is 24.2 Å². The molecule has 2 atom stereocenters. The number of anilines is 1. The van der Waals surface area contributed by atoms with Crippen molar-refractivity contribution >= 4 is 35.8 Å². The van der Waals surface area contributed by atoms with Gasteiger partial charge < -0.3 is 11.1 Å². The van der Waals surface area contributed by atoms with Crippen molar-refractivity contribution in [2.45, 2.75) is 63.1 Å². The Morgan fingerprint density at radius 1 is 1.38 bits per heavy atom. The molecular formula is C16H27ClN2OS. The maximum Gasteiger partial charge on any atom is 0.224 e. The minimum absolute atomic E-state index is 0. The molecule has 21 heavy (non-hydrogen) atoms. The first-order chi connectivity index (χ1) is 9.42. The van der Waals surface area contributed by atoms with E-state index in [1.165, 1.54) is 4.90 Å². The molecule has 120 valence electrons. The number of halogens is 1. The number of nitrogens with two attached hydrogens (primary N) is 1. The van der Waals surface area contributed by atoms with Gasteiger partial charge in [0, 0.05) is 28.3 Å². The molecule has 0 fully saturated rings. The summed E-state index contributed by atoms with van der Waals surface area (Å²) < 4.78 is 0. The smallest absolute Gasteiger partial charge is 0.224 e. The summed E-state index contributed by atoms with van der Waals surface area (Å²) in [6.45, 7) is 8.36. The molecule has 1 aromatic rings. The molecule has 1 rings (SSSR count). The maximum atomic E-state index is 11.8. The predicted molar refractivity (Wildman–Crippen MR) is 95.6 cm³/mol. The molecule has 0 saturated heterocycles. The molecule has 1 amide bonds. The van der Waals surface area contributed by atoms with Gasteiger partial charge in [0.1, 0.15) is 0 Å². The van der Waals surface area contributed by atoms with E-state index in [4.69, 9.17) is 5.73 Å². The Balaban J connectivity index is 0.00000400. The second-order valence-electron chi connectivity index (χ2n) is 5.38. The van der Waals surface area contributed by atoms with Gasteiger partial charge in [0.25, 0.3) is 0 Å². The van der Waals surface area contributed by atoms with Crippen molar-refractivity contribution in [3.8, 4) is 0 Å². The average Bonchev–Trinajstić information content (AvgIpc) is 2.39. The quantitative estimate of drug-likeness (QED) is 0.730. The molecule has 3 nitrogen and oxygen atoms in total. The van der Waals surface area contributed by atoms with Gasteiger partial charge >= 0.3 is 0 Å². The average molecular weight is 331 g/mol. The van der Waals surface area contributed by atoms with Crippen molar-refractivity contribution in [3.05, 3.63) is 23.8 Å². The van der Waals surface area contributed by atoms with Gasteiger partial charge in [-0.15, -0.1) is 24.2 Å². The third-order valence-corrected chi connectivity index (χ3v) is 4.47. The first-order valence-electron chi connectivity index (χ1n) is 7.25. The van der Waals surface area contributed by atoms with Crippen LogP contribution in [0.25, 0.3) is 0 Å². The van der Waals surface area contributed by atoms with Gasteiger partial charge in [-0.3, -0.25) is 4.79 Å². The molecule has 0 saturated carbocycles. The number of carbonyl (C=O) groups is 1. The van der Waals surface area contributed by atoms with Crippen LogP contribution in [-0.4, -0.2) is 17.2 Å². The molecule has 0 aromatic heterocycles. The van der Waals surface area contributed by atoms with Gasteiger partial charge in [0.05, 0.1) is 0 Å². The standard InChI is InChI=1S/C16H26N2OS.ClH/c1-5-13(4)20-14-7-8-15(11(2)10-14)18-16(19)9-6-12(3)17;/h7-8,10,12-13H,5-6,9,17H2,1-4H3,(H,18,19);1H. The van der Waals surface area contributed by atoms with E-state index in [0.29, 0.717) is 18.1 Å². The first-order valence-corrected chi connectivity index (χ1v) is 8.13. The Bertz CT molecular complexity index is 452. The van der Waals surface area contributed by atoms with Gasteiger partial charge in [-0.1, -0.05) is 13.8 Å². The minimum Gasteiger partial charge on any atom is -0.328 e. The number of aryl methyl sites for hydroxylation is 1. The number of carbonyl (C=O) groups excluding carboxylic acids is 1. The SMILES string of the molecule is CCC(C)Sc1ccc(NC(=O)CCC(C)N)c(C)c1.Cl. The van der Waals surface area contributed by atoms with E-state index < -0.39 is 0 Å². The molecule has 0 aliphatic heterocycles. The lowest BCUT2D eigenvalue weighted by Gasteiger charge is -2.12. The Labute approximate surface area is 138 Å². The summed E-state index contributed by atoms with van der Waals surface area (Å²) in [4.78, 5) is 13.1. The van der Waals surface area contributed by atoms with E-state index in [2.05, 4.69) is 31.3 Å². The van der Waals surface area contributed by atoms with E-state index >= 15 is 0 Å². The van der Waals surface area contributed by atoms with Crippen molar-refractivity contribution < 1.29 is 4.79 Å². The largest absolute Gasteiger partial charge is 0.328 e. The molecule has 0 radical (unpaired) electrons. The normalized spacial score (nSPS) is 13.2. The van der Waals surface area contributed by atoms with Crippen LogP contribution in [0.3, 0.4) is 0 Å². The fraction of sp³-hybridized carbons (Fsp3) is 0.562. The van der Waals surface area contributed by atoms with Crippen LogP contribution in [0.15, 0.2) is 23.1 Å². The Morgan fingerprint density at radius 3 is 2.57 bits per heavy atom. The van der Waals surface area contributed by atoms with Crippen LogP contribution in [0.1, 0.15) is 45.6 Å². The highest BCUT2D eigenvalue weighted by Gasteiger charge is 2.08. The summed E-state index contributed by atoms with van der Waals surface area (Å²) in [6, 6.07) is 6.27. The van der Waals surface area contributed by atoms with E-state index in [0.717, 1.165) is 17.7 Å². The number of thioether (sulfide) groups is 1. The lowest BCUT2D eigenvalue weighted by molar-refractivity contribution is -0.116. The molecule has 3 N–H and O–H groups in total. The molecule has 0 bridgehead atoms. The van der Waals surface area contributed by atoms with E-state index in [1.54, 1.807) is 0 Å². The number of hydrogen-bond donors (Lipinski definition) is 2. The number of rotatable bonds is 7. The molecule has 2 unspecified atom stereocenters. The zero-order valence-corrected chi connectivity index (χ0v) is 14.9. The molecule has 0 heterocycles. The van der Waals surface area contributed by atoms with Crippen molar-refractivity contribution in [2.75, 3.05) is 5.32 Å². The molecular weight excluding hydrogens is 304 g/mol. The molecule has 0 aliphatic carbocycles. The van der Waals surface area contributed by atoms with Crippen molar-refractivity contribution in [3.63, 3.8) is 0 Å². The molecule has 5 heteroatoms. The number of nitrogens with one attached hydrogen (secondary N) is 1. The highest BCUT2D eigenvalue weighted by atomic mass is 35.5. The Kier molecular flexibility index (Phi) is 9.75. The van der Waals surface area contributed by atoms with Gasteiger partial charge in [0.15, 0.2) is 0 Å². The summed E-state index contributed by atoms with van der Waals surface area (Å²) in [5.41, 5.74) is 7.66. The fourth-order valence-electron chi connectivity index (χ4n) is 1.74. The number of benzene rings is 1. The topological polar surface area (TPSA) is 55.1 Å². The summed E-state index contributed by atoms with van der Waals surface area (Å²) in [5, 5.41) is 3.57. The Hall–Kier alpha value is -0.710. The van der Waals surface area contributed by atoms with E-state index in [-0.39, 0.29) is 24.4 Å². The fourth-order valence-corrected chi connectivity index (χ4v) is 2.76. The second-order valence-corrected chi connectivity index (χ2v) is 6.89.